The average Bonchev–Trinajstić information content (AvgIpc) is 2.38. The summed E-state index contributed by atoms with van der Waals surface area (Å²) in [5.41, 5.74) is 3.40. The Morgan fingerprint density at radius 2 is 1.86 bits per heavy atom. The molecule has 0 radical (unpaired) electrons. The second kappa shape index (κ2) is 6.79. The molecule has 0 saturated carbocycles. The molecule has 4 nitrogen and oxygen atoms in total. The van der Waals surface area contributed by atoms with Gasteiger partial charge in [0.15, 0.2) is 0 Å². The predicted molar refractivity (Wildman–Crippen MR) is 87.6 cm³/mol. The first-order valence-electron chi connectivity index (χ1n) is 7.26. The van der Waals surface area contributed by atoms with E-state index in [4.69, 9.17) is 4.74 Å². The van der Waals surface area contributed by atoms with Crippen LogP contribution in [-0.4, -0.2) is 27.8 Å². The van der Waals surface area contributed by atoms with Crippen LogP contribution in [0.3, 0.4) is 0 Å². The van der Waals surface area contributed by atoms with Gasteiger partial charge >= 0.3 is 0 Å². The van der Waals surface area contributed by atoms with Crippen molar-refractivity contribution in [3.63, 3.8) is 0 Å². The lowest BCUT2D eigenvalue weighted by Crippen LogP contribution is -2.27. The summed E-state index contributed by atoms with van der Waals surface area (Å²) in [6, 6.07) is 4.17. The molecule has 0 aliphatic rings. The van der Waals surface area contributed by atoms with Gasteiger partial charge in [0.25, 0.3) is 0 Å². The SMILES string of the molecule is CCS(=O)(=O)NCCc1cc(C(C)(C)C)c(OC)cc1C. The number of ether oxygens (including phenoxy) is 1. The van der Waals surface area contributed by atoms with Crippen LogP contribution in [0.15, 0.2) is 12.1 Å². The summed E-state index contributed by atoms with van der Waals surface area (Å²) in [5, 5.41) is 0. The van der Waals surface area contributed by atoms with Crippen molar-refractivity contribution in [1.82, 2.24) is 4.72 Å². The second-order valence-corrected chi connectivity index (χ2v) is 8.37. The first-order valence-corrected chi connectivity index (χ1v) is 8.91. The van der Waals surface area contributed by atoms with Crippen LogP contribution in [-0.2, 0) is 21.9 Å². The van der Waals surface area contributed by atoms with Gasteiger partial charge in [-0.1, -0.05) is 26.8 Å². The Morgan fingerprint density at radius 3 is 2.33 bits per heavy atom. The zero-order chi connectivity index (χ0) is 16.3. The molecule has 0 aromatic heterocycles. The molecule has 0 aliphatic heterocycles. The number of hydrogen-bond acceptors (Lipinski definition) is 3. The van der Waals surface area contributed by atoms with Crippen molar-refractivity contribution >= 4 is 10.0 Å². The standard InChI is InChI=1S/C16H27NO3S/c1-7-21(18,19)17-9-8-13-11-14(16(3,4)5)15(20-6)10-12(13)2/h10-11,17H,7-9H2,1-6H3. The van der Waals surface area contributed by atoms with Gasteiger partial charge in [-0.25, -0.2) is 13.1 Å². The van der Waals surface area contributed by atoms with Gasteiger partial charge in [-0.2, -0.15) is 0 Å². The van der Waals surface area contributed by atoms with E-state index >= 15 is 0 Å². The Hall–Kier alpha value is -1.07. The van der Waals surface area contributed by atoms with Crippen molar-refractivity contribution in [1.29, 1.82) is 0 Å². The van der Waals surface area contributed by atoms with E-state index in [1.54, 1.807) is 14.0 Å². The van der Waals surface area contributed by atoms with Gasteiger partial charge < -0.3 is 4.74 Å². The Balaban J connectivity index is 2.98. The van der Waals surface area contributed by atoms with Crippen LogP contribution in [0.4, 0.5) is 0 Å². The molecule has 0 unspecified atom stereocenters. The fourth-order valence-corrected chi connectivity index (χ4v) is 2.81. The summed E-state index contributed by atoms with van der Waals surface area (Å²) in [6.45, 7) is 10.5. The molecule has 5 heteroatoms. The normalized spacial score (nSPS) is 12.5. The van der Waals surface area contributed by atoms with Crippen LogP contribution in [0.1, 0.15) is 44.4 Å². The fourth-order valence-electron chi connectivity index (χ4n) is 2.19. The van der Waals surface area contributed by atoms with Crippen LogP contribution in [0, 0.1) is 6.92 Å². The van der Waals surface area contributed by atoms with Gasteiger partial charge in [-0.15, -0.1) is 0 Å². The Kier molecular flexibility index (Phi) is 5.82. The quantitative estimate of drug-likeness (QED) is 0.878. The lowest BCUT2D eigenvalue weighted by molar-refractivity contribution is 0.397. The van der Waals surface area contributed by atoms with Gasteiger partial charge in [-0.3, -0.25) is 0 Å². The van der Waals surface area contributed by atoms with Crippen LogP contribution < -0.4 is 9.46 Å². The van der Waals surface area contributed by atoms with Crippen molar-refractivity contribution in [2.75, 3.05) is 19.4 Å². The van der Waals surface area contributed by atoms with Crippen molar-refractivity contribution < 1.29 is 13.2 Å². The number of nitrogens with one attached hydrogen (secondary N) is 1. The highest BCUT2D eigenvalue weighted by Crippen LogP contribution is 2.33. The smallest absolute Gasteiger partial charge is 0.211 e. The predicted octanol–water partition coefficient (Wildman–Crippen LogP) is 2.78. The minimum Gasteiger partial charge on any atom is -0.496 e. The van der Waals surface area contributed by atoms with E-state index in [2.05, 4.69) is 31.6 Å². The molecule has 0 heterocycles. The molecular formula is C16H27NO3S. The van der Waals surface area contributed by atoms with Gasteiger partial charge in [0.1, 0.15) is 5.75 Å². The van der Waals surface area contributed by atoms with E-state index in [1.807, 2.05) is 13.0 Å². The summed E-state index contributed by atoms with van der Waals surface area (Å²) in [5.74, 6) is 1.000. The fraction of sp³-hybridized carbons (Fsp3) is 0.625. The Morgan fingerprint density at radius 1 is 1.24 bits per heavy atom. The number of rotatable bonds is 6. The highest BCUT2D eigenvalue weighted by Gasteiger charge is 2.20. The van der Waals surface area contributed by atoms with Gasteiger partial charge in [0, 0.05) is 6.54 Å². The molecule has 120 valence electrons. The molecule has 0 bridgehead atoms. The first kappa shape index (κ1) is 18.0. The molecule has 0 aliphatic carbocycles. The largest absolute Gasteiger partial charge is 0.496 e. The Bertz CT molecular complexity index is 586. The van der Waals surface area contributed by atoms with Crippen LogP contribution in [0.2, 0.25) is 0 Å². The molecular weight excluding hydrogens is 286 g/mol. The third-order valence-electron chi connectivity index (χ3n) is 3.56. The molecule has 1 N–H and O–H groups in total. The summed E-state index contributed by atoms with van der Waals surface area (Å²) >= 11 is 0. The average molecular weight is 313 g/mol. The van der Waals surface area contributed by atoms with E-state index in [1.165, 1.54) is 0 Å². The maximum atomic E-state index is 11.5. The van der Waals surface area contributed by atoms with Gasteiger partial charge in [0.2, 0.25) is 10.0 Å². The van der Waals surface area contributed by atoms with E-state index < -0.39 is 10.0 Å². The summed E-state index contributed by atoms with van der Waals surface area (Å²) in [7, 11) is -1.45. The van der Waals surface area contributed by atoms with Crippen LogP contribution >= 0.6 is 0 Å². The topological polar surface area (TPSA) is 55.4 Å². The lowest BCUT2D eigenvalue weighted by Gasteiger charge is -2.24. The van der Waals surface area contributed by atoms with E-state index in [0.717, 1.165) is 22.4 Å². The maximum absolute atomic E-state index is 11.5. The van der Waals surface area contributed by atoms with Gasteiger partial charge in [0.05, 0.1) is 12.9 Å². The molecule has 0 atom stereocenters. The van der Waals surface area contributed by atoms with Crippen molar-refractivity contribution in [2.45, 2.75) is 46.5 Å². The number of aryl methyl sites for hydroxylation is 1. The molecule has 1 aromatic rings. The first-order chi connectivity index (χ1) is 9.60. The Labute approximate surface area is 129 Å². The minimum absolute atomic E-state index is 0.0171. The molecule has 1 aromatic carbocycles. The van der Waals surface area contributed by atoms with E-state index in [9.17, 15) is 8.42 Å². The van der Waals surface area contributed by atoms with Crippen LogP contribution in [0.25, 0.3) is 0 Å². The third kappa shape index (κ3) is 5.00. The maximum Gasteiger partial charge on any atom is 0.211 e. The monoisotopic (exact) mass is 313 g/mol. The zero-order valence-electron chi connectivity index (χ0n) is 13.9. The zero-order valence-corrected chi connectivity index (χ0v) is 14.7. The molecule has 0 fully saturated rings. The van der Waals surface area contributed by atoms with Crippen molar-refractivity contribution in [3.8, 4) is 5.75 Å². The van der Waals surface area contributed by atoms with Crippen molar-refractivity contribution in [2.24, 2.45) is 0 Å². The van der Waals surface area contributed by atoms with E-state index in [-0.39, 0.29) is 11.2 Å². The number of methoxy groups -OCH3 is 1. The lowest BCUT2D eigenvalue weighted by atomic mass is 9.84. The summed E-state index contributed by atoms with van der Waals surface area (Å²) in [4.78, 5) is 0. The second-order valence-electron chi connectivity index (χ2n) is 6.28. The third-order valence-corrected chi connectivity index (χ3v) is 4.97. The molecule has 21 heavy (non-hydrogen) atoms. The van der Waals surface area contributed by atoms with Gasteiger partial charge in [-0.05, 0) is 48.4 Å². The van der Waals surface area contributed by atoms with Crippen molar-refractivity contribution in [3.05, 3.63) is 28.8 Å². The molecule has 0 spiro atoms. The molecule has 1 rings (SSSR count). The summed E-state index contributed by atoms with van der Waals surface area (Å²) < 4.78 is 31.0. The summed E-state index contributed by atoms with van der Waals surface area (Å²) in [6.07, 6.45) is 0.679. The van der Waals surface area contributed by atoms with E-state index in [0.29, 0.717) is 13.0 Å². The minimum atomic E-state index is -3.13. The molecule has 0 amide bonds. The molecule has 0 saturated heterocycles. The number of sulfonamides is 1. The van der Waals surface area contributed by atoms with Crippen LogP contribution in [0.5, 0.6) is 5.75 Å². The number of benzene rings is 1. The highest BCUT2D eigenvalue weighted by atomic mass is 32.2. The number of hydrogen-bond donors (Lipinski definition) is 1. The highest BCUT2D eigenvalue weighted by molar-refractivity contribution is 7.89.